The smallest absolute Gasteiger partial charge is 0.0113 e. The highest BCUT2D eigenvalue weighted by molar-refractivity contribution is 4.82. The van der Waals surface area contributed by atoms with Crippen LogP contribution in [0.4, 0.5) is 0 Å². The van der Waals surface area contributed by atoms with E-state index in [1.165, 1.54) is 84.2 Å². The van der Waals surface area contributed by atoms with Crippen LogP contribution in [0, 0.1) is 0 Å². The van der Waals surface area contributed by atoms with Gasteiger partial charge in [-0.15, -0.1) is 0 Å². The van der Waals surface area contributed by atoms with Gasteiger partial charge in [-0.3, -0.25) is 4.90 Å². The molecule has 20 heavy (non-hydrogen) atoms. The average molecular weight is 281 g/mol. The molecule has 0 spiro atoms. The molecule has 1 saturated heterocycles. The molecular weight excluding hydrogens is 246 g/mol. The normalized spacial score (nSPS) is 24.3. The summed E-state index contributed by atoms with van der Waals surface area (Å²) >= 11 is 0. The Hall–Kier alpha value is -0.120. The zero-order chi connectivity index (χ0) is 14.2. The molecule has 0 aromatic rings. The third kappa shape index (κ3) is 5.34. The topological polar surface area (TPSA) is 18.5 Å². The molecule has 118 valence electrons. The van der Waals surface area contributed by atoms with E-state index in [1.54, 1.807) is 0 Å². The van der Waals surface area contributed by atoms with E-state index in [9.17, 15) is 0 Å². The first-order valence-corrected chi connectivity index (χ1v) is 8.99. The fourth-order valence-electron chi connectivity index (χ4n) is 3.74. The Balaban J connectivity index is 1.53. The Morgan fingerprint density at radius 3 is 2.45 bits per heavy atom. The monoisotopic (exact) mass is 281 g/mol. The summed E-state index contributed by atoms with van der Waals surface area (Å²) in [7, 11) is 0. The van der Waals surface area contributed by atoms with E-state index in [4.69, 9.17) is 0 Å². The lowest BCUT2D eigenvalue weighted by Gasteiger charge is -2.38. The van der Waals surface area contributed by atoms with Gasteiger partial charge in [-0.25, -0.2) is 0 Å². The van der Waals surface area contributed by atoms with E-state index >= 15 is 0 Å². The van der Waals surface area contributed by atoms with Crippen LogP contribution in [-0.4, -0.2) is 61.2 Å². The van der Waals surface area contributed by atoms with Crippen molar-refractivity contribution in [3.8, 4) is 0 Å². The summed E-state index contributed by atoms with van der Waals surface area (Å²) in [5.41, 5.74) is 0. The number of piperazine rings is 1. The minimum absolute atomic E-state index is 0.690. The Morgan fingerprint density at radius 2 is 1.80 bits per heavy atom. The van der Waals surface area contributed by atoms with Gasteiger partial charge in [-0.2, -0.15) is 0 Å². The lowest BCUT2D eigenvalue weighted by molar-refractivity contribution is 0.0964. The number of hydrogen-bond acceptors (Lipinski definition) is 3. The third-order valence-corrected chi connectivity index (χ3v) is 5.10. The Labute approximate surface area is 126 Å². The molecule has 3 heteroatoms. The van der Waals surface area contributed by atoms with E-state index in [1.807, 2.05) is 0 Å². The Bertz CT molecular complexity index is 243. The molecule has 1 saturated carbocycles. The predicted octanol–water partition coefficient (Wildman–Crippen LogP) is 2.71. The van der Waals surface area contributed by atoms with Crippen LogP contribution in [0.15, 0.2) is 0 Å². The summed E-state index contributed by atoms with van der Waals surface area (Å²) in [6.45, 7) is 12.3. The average Bonchev–Trinajstić information content (AvgIpc) is 3.00. The van der Waals surface area contributed by atoms with Crippen molar-refractivity contribution in [2.45, 2.75) is 70.9 Å². The SMILES string of the molecule is CCCNC(C)CCCN1CCN(C2CCCC2)CC1. The highest BCUT2D eigenvalue weighted by Gasteiger charge is 2.25. The molecule has 0 bridgehead atoms. The van der Waals surface area contributed by atoms with Crippen LogP contribution in [0.3, 0.4) is 0 Å². The van der Waals surface area contributed by atoms with Crippen LogP contribution in [0.5, 0.6) is 0 Å². The van der Waals surface area contributed by atoms with Gasteiger partial charge >= 0.3 is 0 Å². The van der Waals surface area contributed by atoms with Crippen LogP contribution in [0.2, 0.25) is 0 Å². The molecule has 2 fully saturated rings. The molecule has 1 N–H and O–H groups in total. The first-order chi connectivity index (χ1) is 9.79. The molecule has 2 aliphatic rings. The third-order valence-electron chi connectivity index (χ3n) is 5.10. The lowest BCUT2D eigenvalue weighted by atomic mass is 10.1. The molecule has 3 nitrogen and oxygen atoms in total. The fourth-order valence-corrected chi connectivity index (χ4v) is 3.74. The fraction of sp³-hybridized carbons (Fsp3) is 1.00. The van der Waals surface area contributed by atoms with E-state index in [-0.39, 0.29) is 0 Å². The van der Waals surface area contributed by atoms with Gasteiger partial charge in [-0.05, 0) is 52.1 Å². The molecular formula is C17H35N3. The zero-order valence-electron chi connectivity index (χ0n) is 13.7. The Morgan fingerprint density at radius 1 is 1.10 bits per heavy atom. The molecule has 0 amide bonds. The summed E-state index contributed by atoms with van der Waals surface area (Å²) in [4.78, 5) is 5.44. The van der Waals surface area contributed by atoms with Crippen LogP contribution in [-0.2, 0) is 0 Å². The van der Waals surface area contributed by atoms with Gasteiger partial charge in [0.05, 0.1) is 0 Å². The molecule has 0 aromatic heterocycles. The number of rotatable bonds is 8. The van der Waals surface area contributed by atoms with Crippen molar-refractivity contribution in [2.75, 3.05) is 39.3 Å². The van der Waals surface area contributed by atoms with Gasteiger partial charge < -0.3 is 10.2 Å². The van der Waals surface area contributed by atoms with Crippen molar-refractivity contribution >= 4 is 0 Å². The number of nitrogens with zero attached hydrogens (tertiary/aromatic N) is 2. The minimum Gasteiger partial charge on any atom is -0.314 e. The second kappa shape index (κ2) is 9.01. The van der Waals surface area contributed by atoms with Gasteiger partial charge in [0.2, 0.25) is 0 Å². The lowest BCUT2D eigenvalue weighted by Crippen LogP contribution is -2.49. The molecule has 1 atom stereocenters. The van der Waals surface area contributed by atoms with Crippen molar-refractivity contribution < 1.29 is 0 Å². The number of hydrogen-bond donors (Lipinski definition) is 1. The van der Waals surface area contributed by atoms with Crippen LogP contribution in [0.1, 0.15) is 58.8 Å². The standard InChI is InChI=1S/C17H35N3/c1-3-10-18-16(2)7-6-11-19-12-14-20(15-13-19)17-8-4-5-9-17/h16-18H,3-15H2,1-2H3. The molecule has 1 aliphatic heterocycles. The maximum atomic E-state index is 3.59. The van der Waals surface area contributed by atoms with Gasteiger partial charge in [0, 0.05) is 38.3 Å². The predicted molar refractivity (Wildman–Crippen MR) is 87.3 cm³/mol. The largest absolute Gasteiger partial charge is 0.314 e. The van der Waals surface area contributed by atoms with E-state index in [2.05, 4.69) is 29.0 Å². The van der Waals surface area contributed by atoms with Gasteiger partial charge in [-0.1, -0.05) is 19.8 Å². The number of nitrogens with one attached hydrogen (secondary N) is 1. The molecule has 1 unspecified atom stereocenters. The van der Waals surface area contributed by atoms with Crippen LogP contribution >= 0.6 is 0 Å². The van der Waals surface area contributed by atoms with Crippen molar-refractivity contribution in [1.29, 1.82) is 0 Å². The summed E-state index contributed by atoms with van der Waals surface area (Å²) in [5, 5.41) is 3.59. The zero-order valence-corrected chi connectivity index (χ0v) is 13.7. The molecule has 1 heterocycles. The second-order valence-electron chi connectivity index (χ2n) is 6.81. The van der Waals surface area contributed by atoms with Crippen LogP contribution in [0.25, 0.3) is 0 Å². The maximum Gasteiger partial charge on any atom is 0.0113 e. The van der Waals surface area contributed by atoms with E-state index in [0.29, 0.717) is 6.04 Å². The quantitative estimate of drug-likeness (QED) is 0.738. The van der Waals surface area contributed by atoms with Gasteiger partial charge in [0.25, 0.3) is 0 Å². The highest BCUT2D eigenvalue weighted by atomic mass is 15.3. The van der Waals surface area contributed by atoms with Crippen molar-refractivity contribution in [1.82, 2.24) is 15.1 Å². The van der Waals surface area contributed by atoms with Crippen molar-refractivity contribution in [3.05, 3.63) is 0 Å². The summed E-state index contributed by atoms with van der Waals surface area (Å²) in [5.74, 6) is 0. The van der Waals surface area contributed by atoms with Crippen molar-refractivity contribution in [2.24, 2.45) is 0 Å². The summed E-state index contributed by atoms with van der Waals surface area (Å²) in [6.07, 6.45) is 9.76. The Kier molecular flexibility index (Phi) is 7.32. The summed E-state index contributed by atoms with van der Waals surface area (Å²) in [6, 6.07) is 1.62. The van der Waals surface area contributed by atoms with Crippen molar-refractivity contribution in [3.63, 3.8) is 0 Å². The van der Waals surface area contributed by atoms with Gasteiger partial charge in [0.1, 0.15) is 0 Å². The highest BCUT2D eigenvalue weighted by Crippen LogP contribution is 2.24. The molecule has 0 aromatic carbocycles. The second-order valence-corrected chi connectivity index (χ2v) is 6.81. The minimum atomic E-state index is 0.690. The summed E-state index contributed by atoms with van der Waals surface area (Å²) < 4.78 is 0. The molecule has 0 radical (unpaired) electrons. The molecule has 2 rings (SSSR count). The maximum absolute atomic E-state index is 3.59. The van der Waals surface area contributed by atoms with E-state index in [0.717, 1.165) is 6.04 Å². The van der Waals surface area contributed by atoms with Crippen LogP contribution < -0.4 is 5.32 Å². The van der Waals surface area contributed by atoms with Gasteiger partial charge in [0.15, 0.2) is 0 Å². The van der Waals surface area contributed by atoms with E-state index < -0.39 is 0 Å². The first-order valence-electron chi connectivity index (χ1n) is 8.99. The molecule has 1 aliphatic carbocycles. The first kappa shape index (κ1) is 16.3.